The molecule has 35 heavy (non-hydrogen) atoms. The number of likely N-dealkylation sites (tertiary alicyclic amines) is 1. The smallest absolute Gasteiger partial charge is 0.234 e. The minimum Gasteiger partial charge on any atom is -0.375 e. The molecule has 1 saturated carbocycles. The third kappa shape index (κ3) is 3.70. The van der Waals surface area contributed by atoms with E-state index in [1.54, 1.807) is 11.3 Å². The highest BCUT2D eigenvalue weighted by Gasteiger charge is 2.72. The number of piperidine rings is 1. The number of amides is 2. The summed E-state index contributed by atoms with van der Waals surface area (Å²) in [7, 11) is 0. The van der Waals surface area contributed by atoms with Gasteiger partial charge in [0.25, 0.3) is 0 Å². The van der Waals surface area contributed by atoms with Crippen molar-refractivity contribution >= 4 is 33.4 Å². The first-order valence-electron chi connectivity index (χ1n) is 12.3. The molecule has 1 aliphatic carbocycles. The molecular weight excluding hydrogens is 460 g/mol. The Kier molecular flexibility index (Phi) is 5.32. The summed E-state index contributed by atoms with van der Waals surface area (Å²) >= 11 is 1.62. The SMILES string of the molecule is Cc1cc(-c2ccnc3cc(CN4C(=O)C5C(C4=O)C5(C)C)sc23)c(CC2CNCCO2)c(C)n1. The quantitative estimate of drug-likeness (QED) is 0.550. The van der Waals surface area contributed by atoms with Crippen LogP contribution in [0.5, 0.6) is 0 Å². The number of nitrogens with zero attached hydrogens (tertiary/aromatic N) is 3. The summed E-state index contributed by atoms with van der Waals surface area (Å²) in [6.45, 7) is 10.9. The number of morpholine rings is 1. The van der Waals surface area contributed by atoms with Gasteiger partial charge in [0.1, 0.15) is 0 Å². The fourth-order valence-corrected chi connectivity index (χ4v) is 7.06. The van der Waals surface area contributed by atoms with Gasteiger partial charge in [0.15, 0.2) is 0 Å². The minimum atomic E-state index is -0.190. The third-order valence-corrected chi connectivity index (χ3v) is 9.00. The van der Waals surface area contributed by atoms with Gasteiger partial charge in [-0.3, -0.25) is 24.5 Å². The molecule has 3 unspecified atom stereocenters. The number of imide groups is 1. The minimum absolute atomic E-state index is 0.0283. The first kappa shape index (κ1) is 22.8. The average molecular weight is 491 g/mol. The number of nitrogens with one attached hydrogen (secondary N) is 1. The van der Waals surface area contributed by atoms with Gasteiger partial charge in [-0.2, -0.15) is 0 Å². The number of hydrogen-bond acceptors (Lipinski definition) is 7. The Morgan fingerprint density at radius 2 is 1.94 bits per heavy atom. The van der Waals surface area contributed by atoms with Gasteiger partial charge in [0, 0.05) is 47.5 Å². The molecule has 0 aromatic carbocycles. The lowest BCUT2D eigenvalue weighted by molar-refractivity contribution is -0.143. The second-order valence-corrected chi connectivity index (χ2v) is 11.7. The van der Waals surface area contributed by atoms with E-state index in [0.29, 0.717) is 6.54 Å². The Morgan fingerprint density at radius 1 is 1.17 bits per heavy atom. The van der Waals surface area contributed by atoms with Gasteiger partial charge in [-0.1, -0.05) is 13.8 Å². The molecular formula is C27H30N4O3S. The number of aryl methyl sites for hydroxylation is 2. The van der Waals surface area contributed by atoms with Crippen LogP contribution in [0.1, 0.15) is 35.7 Å². The number of rotatable bonds is 5. The fraction of sp³-hybridized carbons (Fsp3) is 0.481. The van der Waals surface area contributed by atoms with E-state index < -0.39 is 0 Å². The normalized spacial score (nSPS) is 25.4. The molecule has 3 fully saturated rings. The number of ether oxygens (including phenoxy) is 1. The van der Waals surface area contributed by atoms with Crippen LogP contribution in [0.25, 0.3) is 21.3 Å². The summed E-state index contributed by atoms with van der Waals surface area (Å²) < 4.78 is 7.07. The maximum atomic E-state index is 12.9. The van der Waals surface area contributed by atoms with E-state index in [2.05, 4.69) is 29.4 Å². The molecule has 3 aliphatic rings. The molecule has 0 spiro atoms. The number of thiophene rings is 1. The standard InChI is InChI=1S/C27H30N4O3S/c1-14-9-20(19(15(2)30-14)10-16-12-28-7-8-34-16)18-5-6-29-21-11-17(35-24(18)21)13-31-25(32)22-23(26(31)33)27(22,3)4/h5-6,9,11,16,22-23,28H,7-8,10,12-13H2,1-4H3. The first-order valence-corrected chi connectivity index (χ1v) is 13.1. The highest BCUT2D eigenvalue weighted by Crippen LogP contribution is 2.63. The van der Waals surface area contributed by atoms with Gasteiger partial charge >= 0.3 is 0 Å². The number of carbonyl (C=O) groups is 2. The second-order valence-electron chi connectivity index (χ2n) is 10.6. The maximum Gasteiger partial charge on any atom is 0.234 e. The van der Waals surface area contributed by atoms with Crippen molar-refractivity contribution in [1.29, 1.82) is 0 Å². The predicted molar refractivity (Wildman–Crippen MR) is 135 cm³/mol. The zero-order valence-corrected chi connectivity index (χ0v) is 21.4. The van der Waals surface area contributed by atoms with Gasteiger partial charge in [-0.05, 0) is 48.6 Å². The topological polar surface area (TPSA) is 84.4 Å². The maximum absolute atomic E-state index is 12.9. The lowest BCUT2D eigenvalue weighted by Crippen LogP contribution is -2.39. The molecule has 6 rings (SSSR count). The van der Waals surface area contributed by atoms with Crippen molar-refractivity contribution in [2.45, 2.75) is 46.8 Å². The van der Waals surface area contributed by atoms with E-state index >= 15 is 0 Å². The second kappa shape index (κ2) is 8.18. The summed E-state index contributed by atoms with van der Waals surface area (Å²) in [5.41, 5.74) is 6.15. The Morgan fingerprint density at radius 3 is 2.66 bits per heavy atom. The van der Waals surface area contributed by atoms with Crippen LogP contribution in [0.3, 0.4) is 0 Å². The van der Waals surface area contributed by atoms with Crippen molar-refractivity contribution in [1.82, 2.24) is 20.2 Å². The van der Waals surface area contributed by atoms with Crippen LogP contribution in [-0.4, -0.2) is 52.5 Å². The highest BCUT2D eigenvalue weighted by molar-refractivity contribution is 7.19. The van der Waals surface area contributed by atoms with E-state index in [9.17, 15) is 9.59 Å². The first-order chi connectivity index (χ1) is 16.8. The Hall–Kier alpha value is -2.68. The zero-order chi connectivity index (χ0) is 24.5. The summed E-state index contributed by atoms with van der Waals surface area (Å²) in [5.74, 6) is -0.362. The predicted octanol–water partition coefficient (Wildman–Crippen LogP) is 3.65. The number of carbonyl (C=O) groups excluding carboxylic acids is 2. The number of aromatic nitrogens is 2. The van der Waals surface area contributed by atoms with Crippen LogP contribution < -0.4 is 5.32 Å². The van der Waals surface area contributed by atoms with Gasteiger partial charge in [0.2, 0.25) is 11.8 Å². The average Bonchev–Trinajstić information content (AvgIpc) is 3.07. The fourth-order valence-electron chi connectivity index (χ4n) is 5.92. The number of fused-ring (bicyclic) bond motifs is 2. The van der Waals surface area contributed by atoms with E-state index in [1.807, 2.05) is 33.0 Å². The third-order valence-electron chi connectivity index (χ3n) is 7.85. The van der Waals surface area contributed by atoms with Gasteiger partial charge < -0.3 is 10.1 Å². The van der Waals surface area contributed by atoms with E-state index in [0.717, 1.165) is 63.7 Å². The van der Waals surface area contributed by atoms with Gasteiger partial charge in [-0.25, -0.2) is 0 Å². The molecule has 3 atom stereocenters. The van der Waals surface area contributed by atoms with Crippen molar-refractivity contribution in [3.05, 3.63) is 46.2 Å². The van der Waals surface area contributed by atoms with Gasteiger partial charge in [0.05, 0.1) is 41.3 Å². The number of hydrogen-bond donors (Lipinski definition) is 1. The van der Waals surface area contributed by atoms with Crippen molar-refractivity contribution in [3.8, 4) is 11.1 Å². The molecule has 7 nitrogen and oxygen atoms in total. The molecule has 0 bridgehead atoms. The molecule has 3 aromatic rings. The zero-order valence-electron chi connectivity index (χ0n) is 20.6. The molecule has 3 aromatic heterocycles. The van der Waals surface area contributed by atoms with Crippen molar-refractivity contribution in [3.63, 3.8) is 0 Å². The van der Waals surface area contributed by atoms with Crippen LogP contribution in [0.4, 0.5) is 0 Å². The van der Waals surface area contributed by atoms with Crippen molar-refractivity contribution < 1.29 is 14.3 Å². The highest BCUT2D eigenvalue weighted by atomic mass is 32.1. The van der Waals surface area contributed by atoms with Crippen LogP contribution in [0.15, 0.2) is 24.4 Å². The molecule has 182 valence electrons. The Bertz CT molecular complexity index is 1330. The monoisotopic (exact) mass is 490 g/mol. The molecule has 2 aliphatic heterocycles. The van der Waals surface area contributed by atoms with Gasteiger partial charge in [-0.15, -0.1) is 11.3 Å². The molecule has 2 saturated heterocycles. The summed E-state index contributed by atoms with van der Waals surface area (Å²) in [4.78, 5) is 37.5. The molecule has 2 amide bonds. The Labute approximate surface area is 208 Å². The van der Waals surface area contributed by atoms with Crippen LogP contribution in [-0.2, 0) is 27.3 Å². The van der Waals surface area contributed by atoms with Crippen molar-refractivity contribution in [2.75, 3.05) is 19.7 Å². The van der Waals surface area contributed by atoms with Crippen molar-refractivity contribution in [2.24, 2.45) is 17.3 Å². The summed E-state index contributed by atoms with van der Waals surface area (Å²) in [6.07, 6.45) is 2.74. The Balaban J connectivity index is 1.35. The van der Waals surface area contributed by atoms with Crippen LogP contribution in [0, 0.1) is 31.1 Å². The lowest BCUT2D eigenvalue weighted by atomic mass is 9.94. The van der Waals surface area contributed by atoms with Crippen LogP contribution in [0.2, 0.25) is 0 Å². The summed E-state index contributed by atoms with van der Waals surface area (Å²) in [6, 6.07) is 6.23. The lowest BCUT2D eigenvalue weighted by Gasteiger charge is -2.25. The summed E-state index contributed by atoms with van der Waals surface area (Å²) in [5, 5.41) is 3.42. The molecule has 0 radical (unpaired) electrons. The molecule has 1 N–H and O–H groups in total. The van der Waals surface area contributed by atoms with E-state index in [1.165, 1.54) is 10.5 Å². The number of pyridine rings is 2. The van der Waals surface area contributed by atoms with E-state index in [4.69, 9.17) is 9.72 Å². The van der Waals surface area contributed by atoms with E-state index in [-0.39, 0.29) is 35.2 Å². The molecule has 8 heteroatoms. The molecule has 5 heterocycles. The van der Waals surface area contributed by atoms with Crippen LogP contribution >= 0.6 is 11.3 Å². The largest absolute Gasteiger partial charge is 0.375 e.